The summed E-state index contributed by atoms with van der Waals surface area (Å²) >= 11 is 0. The summed E-state index contributed by atoms with van der Waals surface area (Å²) in [5.74, 6) is 0. The van der Waals surface area contributed by atoms with Gasteiger partial charge in [-0.1, -0.05) is 43.2 Å². The zero-order valence-electron chi connectivity index (χ0n) is 9.84. The molecule has 1 aliphatic rings. The number of hydrogen-bond donors (Lipinski definition) is 1. The molecule has 0 heterocycles. The van der Waals surface area contributed by atoms with E-state index >= 15 is 0 Å². The first-order valence-electron chi connectivity index (χ1n) is 5.94. The van der Waals surface area contributed by atoms with Gasteiger partial charge in [-0.05, 0) is 30.7 Å². The van der Waals surface area contributed by atoms with Gasteiger partial charge in [0.1, 0.15) is 0 Å². The molecule has 0 radical (unpaired) electrons. The Hall–Kier alpha value is -0.820. The molecule has 82 valence electrons. The SMILES string of the molecule is Cc1ccc(CNCC2(C)CCC2)cc1. The van der Waals surface area contributed by atoms with E-state index < -0.39 is 0 Å². The van der Waals surface area contributed by atoms with Crippen LogP contribution in [0.4, 0.5) is 0 Å². The first kappa shape index (κ1) is 10.7. The molecule has 0 atom stereocenters. The van der Waals surface area contributed by atoms with Crippen molar-refractivity contribution in [3.63, 3.8) is 0 Å². The zero-order valence-corrected chi connectivity index (χ0v) is 9.84. The topological polar surface area (TPSA) is 12.0 Å². The summed E-state index contributed by atoms with van der Waals surface area (Å²) in [6.07, 6.45) is 4.21. The molecular weight excluding hydrogens is 182 g/mol. The number of nitrogens with one attached hydrogen (secondary N) is 1. The molecule has 0 aliphatic heterocycles. The van der Waals surface area contributed by atoms with E-state index in [0.717, 1.165) is 6.54 Å². The third kappa shape index (κ3) is 2.82. The normalized spacial score (nSPS) is 18.5. The van der Waals surface area contributed by atoms with Gasteiger partial charge >= 0.3 is 0 Å². The molecule has 1 fully saturated rings. The minimum Gasteiger partial charge on any atom is -0.312 e. The summed E-state index contributed by atoms with van der Waals surface area (Å²) in [5.41, 5.74) is 3.32. The van der Waals surface area contributed by atoms with E-state index in [1.54, 1.807) is 0 Å². The van der Waals surface area contributed by atoms with Crippen LogP contribution in [0, 0.1) is 12.3 Å². The van der Waals surface area contributed by atoms with Crippen molar-refractivity contribution in [2.45, 2.75) is 39.7 Å². The fourth-order valence-corrected chi connectivity index (χ4v) is 2.17. The van der Waals surface area contributed by atoms with Crippen LogP contribution in [-0.2, 0) is 6.54 Å². The summed E-state index contributed by atoms with van der Waals surface area (Å²) in [6, 6.07) is 8.79. The smallest absolute Gasteiger partial charge is 0.0205 e. The number of aryl methyl sites for hydroxylation is 1. The summed E-state index contributed by atoms with van der Waals surface area (Å²) in [5, 5.41) is 3.56. The predicted molar refractivity (Wildman–Crippen MR) is 64.8 cm³/mol. The minimum absolute atomic E-state index is 0.588. The molecule has 0 unspecified atom stereocenters. The van der Waals surface area contributed by atoms with Gasteiger partial charge in [-0.15, -0.1) is 0 Å². The summed E-state index contributed by atoms with van der Waals surface area (Å²) in [4.78, 5) is 0. The molecule has 0 amide bonds. The molecule has 1 aromatic rings. The molecule has 15 heavy (non-hydrogen) atoms. The molecule has 1 heteroatoms. The van der Waals surface area contributed by atoms with Crippen LogP contribution in [0.2, 0.25) is 0 Å². The molecule has 1 aliphatic carbocycles. The summed E-state index contributed by atoms with van der Waals surface area (Å²) in [7, 11) is 0. The van der Waals surface area contributed by atoms with Crippen LogP contribution in [0.3, 0.4) is 0 Å². The maximum absolute atomic E-state index is 3.56. The first-order chi connectivity index (χ1) is 7.18. The van der Waals surface area contributed by atoms with E-state index in [2.05, 4.69) is 43.4 Å². The average Bonchev–Trinajstić information content (AvgIpc) is 2.19. The van der Waals surface area contributed by atoms with Gasteiger partial charge in [0.15, 0.2) is 0 Å². The summed E-state index contributed by atoms with van der Waals surface area (Å²) < 4.78 is 0. The maximum atomic E-state index is 3.56. The third-order valence-corrected chi connectivity index (χ3v) is 3.56. The van der Waals surface area contributed by atoms with Crippen molar-refractivity contribution in [3.05, 3.63) is 35.4 Å². The Balaban J connectivity index is 1.76. The van der Waals surface area contributed by atoms with Crippen molar-refractivity contribution in [2.75, 3.05) is 6.54 Å². The maximum Gasteiger partial charge on any atom is 0.0205 e. The van der Waals surface area contributed by atoms with Crippen molar-refractivity contribution >= 4 is 0 Å². The van der Waals surface area contributed by atoms with Gasteiger partial charge in [-0.3, -0.25) is 0 Å². The average molecular weight is 203 g/mol. The Labute approximate surface area is 92.9 Å². The van der Waals surface area contributed by atoms with E-state index in [1.165, 1.54) is 36.9 Å². The second-order valence-corrected chi connectivity index (χ2v) is 5.25. The number of hydrogen-bond acceptors (Lipinski definition) is 1. The van der Waals surface area contributed by atoms with Crippen LogP contribution < -0.4 is 5.32 Å². The quantitative estimate of drug-likeness (QED) is 0.792. The van der Waals surface area contributed by atoms with E-state index in [4.69, 9.17) is 0 Å². The number of benzene rings is 1. The Morgan fingerprint density at radius 2 is 1.87 bits per heavy atom. The van der Waals surface area contributed by atoms with Crippen LogP contribution in [-0.4, -0.2) is 6.54 Å². The van der Waals surface area contributed by atoms with Crippen LogP contribution in [0.1, 0.15) is 37.3 Å². The molecule has 1 aromatic carbocycles. The standard InChI is InChI=1S/C14H21N/c1-12-4-6-13(7-5-12)10-15-11-14(2)8-3-9-14/h4-7,15H,3,8-11H2,1-2H3. The largest absolute Gasteiger partial charge is 0.312 e. The van der Waals surface area contributed by atoms with Crippen molar-refractivity contribution < 1.29 is 0 Å². The fraction of sp³-hybridized carbons (Fsp3) is 0.571. The lowest BCUT2D eigenvalue weighted by atomic mass is 9.70. The Kier molecular flexibility index (Phi) is 3.11. The molecule has 1 saturated carbocycles. The summed E-state index contributed by atoms with van der Waals surface area (Å²) in [6.45, 7) is 6.70. The fourth-order valence-electron chi connectivity index (χ4n) is 2.17. The van der Waals surface area contributed by atoms with Crippen molar-refractivity contribution in [1.29, 1.82) is 0 Å². The highest BCUT2D eigenvalue weighted by molar-refractivity contribution is 5.21. The van der Waals surface area contributed by atoms with Crippen LogP contribution >= 0.6 is 0 Å². The Bertz CT molecular complexity index is 309. The molecule has 0 aromatic heterocycles. The highest BCUT2D eigenvalue weighted by atomic mass is 14.9. The second kappa shape index (κ2) is 4.36. The molecule has 1 nitrogen and oxygen atoms in total. The van der Waals surface area contributed by atoms with Gasteiger partial charge in [0.25, 0.3) is 0 Å². The van der Waals surface area contributed by atoms with E-state index in [9.17, 15) is 0 Å². The molecule has 1 N–H and O–H groups in total. The lowest BCUT2D eigenvalue weighted by Gasteiger charge is -2.38. The van der Waals surface area contributed by atoms with Crippen molar-refractivity contribution in [3.8, 4) is 0 Å². The molecule has 0 bridgehead atoms. The Morgan fingerprint density at radius 3 is 2.40 bits per heavy atom. The van der Waals surface area contributed by atoms with Gasteiger partial charge in [0.05, 0.1) is 0 Å². The molecule has 0 saturated heterocycles. The van der Waals surface area contributed by atoms with Crippen molar-refractivity contribution in [1.82, 2.24) is 5.32 Å². The molecule has 2 rings (SSSR count). The third-order valence-electron chi connectivity index (χ3n) is 3.56. The van der Waals surface area contributed by atoms with E-state index in [-0.39, 0.29) is 0 Å². The number of rotatable bonds is 4. The highest BCUT2D eigenvalue weighted by Crippen LogP contribution is 2.39. The van der Waals surface area contributed by atoms with Gasteiger partial charge in [0, 0.05) is 13.1 Å². The molecule has 0 spiro atoms. The van der Waals surface area contributed by atoms with Crippen LogP contribution in [0.15, 0.2) is 24.3 Å². The zero-order chi connectivity index (χ0) is 10.7. The van der Waals surface area contributed by atoms with Gasteiger partial charge in [0.2, 0.25) is 0 Å². The van der Waals surface area contributed by atoms with E-state index in [1.807, 2.05) is 0 Å². The van der Waals surface area contributed by atoms with Gasteiger partial charge < -0.3 is 5.32 Å². The lowest BCUT2D eigenvalue weighted by Crippen LogP contribution is -2.36. The van der Waals surface area contributed by atoms with Crippen LogP contribution in [0.25, 0.3) is 0 Å². The highest BCUT2D eigenvalue weighted by Gasteiger charge is 2.30. The second-order valence-electron chi connectivity index (χ2n) is 5.25. The van der Waals surface area contributed by atoms with Crippen LogP contribution in [0.5, 0.6) is 0 Å². The monoisotopic (exact) mass is 203 g/mol. The first-order valence-corrected chi connectivity index (χ1v) is 5.94. The molecular formula is C14H21N. The van der Waals surface area contributed by atoms with Gasteiger partial charge in [-0.2, -0.15) is 0 Å². The lowest BCUT2D eigenvalue weighted by molar-refractivity contribution is 0.156. The van der Waals surface area contributed by atoms with Gasteiger partial charge in [-0.25, -0.2) is 0 Å². The Morgan fingerprint density at radius 1 is 1.20 bits per heavy atom. The predicted octanol–water partition coefficient (Wildman–Crippen LogP) is 3.27. The minimum atomic E-state index is 0.588. The van der Waals surface area contributed by atoms with Crippen molar-refractivity contribution in [2.24, 2.45) is 5.41 Å². The van der Waals surface area contributed by atoms with E-state index in [0.29, 0.717) is 5.41 Å².